The number of methoxy groups -OCH3 is 1. The summed E-state index contributed by atoms with van der Waals surface area (Å²) in [5.41, 5.74) is 0.841. The van der Waals surface area contributed by atoms with Gasteiger partial charge in [-0.05, 0) is 25.2 Å². The molecule has 0 amide bonds. The molecule has 0 aliphatic heterocycles. The third kappa shape index (κ3) is 2.18. The van der Waals surface area contributed by atoms with E-state index >= 15 is 0 Å². The number of aromatic nitrogens is 2. The summed E-state index contributed by atoms with van der Waals surface area (Å²) in [6, 6.07) is 0. The van der Waals surface area contributed by atoms with Gasteiger partial charge in [-0.2, -0.15) is 5.10 Å². The fraction of sp³-hybridized carbons (Fsp3) is 0.769. The fourth-order valence-electron chi connectivity index (χ4n) is 2.93. The van der Waals surface area contributed by atoms with Crippen molar-refractivity contribution in [2.45, 2.75) is 45.8 Å². The van der Waals surface area contributed by atoms with E-state index in [1.54, 1.807) is 13.3 Å². The maximum Gasteiger partial charge on any atom is 0.162 e. The van der Waals surface area contributed by atoms with Gasteiger partial charge in [0.15, 0.2) is 5.75 Å². The maximum absolute atomic E-state index is 10.6. The Balaban J connectivity index is 2.28. The topological polar surface area (TPSA) is 47.3 Å². The number of hydrogen-bond donors (Lipinski definition) is 1. The summed E-state index contributed by atoms with van der Waals surface area (Å²) < 4.78 is 7.14. The highest BCUT2D eigenvalue weighted by Gasteiger charge is 2.34. The van der Waals surface area contributed by atoms with Crippen molar-refractivity contribution in [3.63, 3.8) is 0 Å². The van der Waals surface area contributed by atoms with Gasteiger partial charge < -0.3 is 9.84 Å². The number of aliphatic hydroxyl groups is 1. The molecule has 1 aliphatic rings. The quantitative estimate of drug-likeness (QED) is 0.876. The van der Waals surface area contributed by atoms with E-state index < -0.39 is 6.10 Å². The van der Waals surface area contributed by atoms with Gasteiger partial charge in [0.25, 0.3) is 0 Å². The van der Waals surface area contributed by atoms with Crippen LogP contribution in [-0.2, 0) is 6.54 Å². The number of ether oxygens (including phenoxy) is 1. The summed E-state index contributed by atoms with van der Waals surface area (Å²) in [6.45, 7) is 5.01. The Kier molecular flexibility index (Phi) is 3.72. The zero-order valence-corrected chi connectivity index (χ0v) is 10.9. The molecule has 1 saturated carbocycles. The van der Waals surface area contributed by atoms with Crippen molar-refractivity contribution in [2.75, 3.05) is 7.11 Å². The van der Waals surface area contributed by atoms with Crippen LogP contribution in [0.25, 0.3) is 0 Å². The molecule has 3 unspecified atom stereocenters. The average molecular weight is 238 g/mol. The molecule has 1 N–H and O–H groups in total. The Bertz CT molecular complexity index is 354. The molecule has 4 heteroatoms. The first kappa shape index (κ1) is 12.4. The van der Waals surface area contributed by atoms with E-state index in [4.69, 9.17) is 4.74 Å². The van der Waals surface area contributed by atoms with E-state index in [0.29, 0.717) is 17.6 Å². The lowest BCUT2D eigenvalue weighted by Crippen LogP contribution is -2.19. The number of aliphatic hydroxyl groups excluding tert-OH is 1. The monoisotopic (exact) mass is 238 g/mol. The highest BCUT2D eigenvalue weighted by atomic mass is 16.5. The van der Waals surface area contributed by atoms with Gasteiger partial charge in [-0.3, -0.25) is 4.68 Å². The van der Waals surface area contributed by atoms with Crippen LogP contribution in [0.3, 0.4) is 0 Å². The summed E-state index contributed by atoms with van der Waals surface area (Å²) in [5, 5.41) is 14.8. The molecule has 0 saturated heterocycles. The molecule has 1 heterocycles. The molecule has 0 radical (unpaired) electrons. The molecule has 0 bridgehead atoms. The second-order valence-electron chi connectivity index (χ2n) is 4.93. The molecule has 1 aromatic rings. The number of aryl methyl sites for hydroxylation is 1. The van der Waals surface area contributed by atoms with Gasteiger partial charge in [0.05, 0.1) is 13.3 Å². The van der Waals surface area contributed by atoms with Crippen LogP contribution in [0.4, 0.5) is 0 Å². The largest absolute Gasteiger partial charge is 0.493 e. The van der Waals surface area contributed by atoms with E-state index in [1.165, 1.54) is 12.8 Å². The van der Waals surface area contributed by atoms with Gasteiger partial charge in [-0.25, -0.2) is 0 Å². The summed E-state index contributed by atoms with van der Waals surface area (Å²) >= 11 is 0. The van der Waals surface area contributed by atoms with Crippen LogP contribution < -0.4 is 4.74 Å². The Labute approximate surface area is 103 Å². The van der Waals surface area contributed by atoms with Gasteiger partial charge in [-0.15, -0.1) is 0 Å². The predicted octanol–water partition coefficient (Wildman–Crippen LogP) is 2.38. The summed E-state index contributed by atoms with van der Waals surface area (Å²) in [5.74, 6) is 1.62. The molecule has 2 rings (SSSR count). The second-order valence-corrected chi connectivity index (χ2v) is 4.93. The van der Waals surface area contributed by atoms with Crippen LogP contribution >= 0.6 is 0 Å². The van der Waals surface area contributed by atoms with Crippen molar-refractivity contribution < 1.29 is 9.84 Å². The molecule has 1 aliphatic carbocycles. The molecule has 17 heavy (non-hydrogen) atoms. The van der Waals surface area contributed by atoms with Crippen LogP contribution in [0.1, 0.15) is 44.9 Å². The fourth-order valence-corrected chi connectivity index (χ4v) is 2.93. The smallest absolute Gasteiger partial charge is 0.162 e. The SMILES string of the molecule is CCn1ncc(OC)c1C(O)C1CCCC1C. The van der Waals surface area contributed by atoms with E-state index in [2.05, 4.69) is 12.0 Å². The van der Waals surface area contributed by atoms with E-state index in [-0.39, 0.29) is 0 Å². The maximum atomic E-state index is 10.6. The molecule has 4 nitrogen and oxygen atoms in total. The van der Waals surface area contributed by atoms with Crippen LogP contribution in [0, 0.1) is 11.8 Å². The lowest BCUT2D eigenvalue weighted by molar-refractivity contribution is 0.0791. The molecule has 0 aromatic carbocycles. The van der Waals surface area contributed by atoms with Gasteiger partial charge >= 0.3 is 0 Å². The lowest BCUT2D eigenvalue weighted by atomic mass is 9.90. The van der Waals surface area contributed by atoms with E-state index in [1.807, 2.05) is 11.6 Å². The molecule has 0 spiro atoms. The zero-order valence-electron chi connectivity index (χ0n) is 10.9. The minimum atomic E-state index is -0.454. The zero-order chi connectivity index (χ0) is 12.4. The Morgan fingerprint density at radius 1 is 1.59 bits per heavy atom. The third-order valence-electron chi connectivity index (χ3n) is 3.98. The first-order chi connectivity index (χ1) is 8.19. The second kappa shape index (κ2) is 5.08. The van der Waals surface area contributed by atoms with Crippen LogP contribution in [-0.4, -0.2) is 22.0 Å². The molecule has 1 fully saturated rings. The van der Waals surface area contributed by atoms with Gasteiger partial charge in [0, 0.05) is 6.54 Å². The minimum Gasteiger partial charge on any atom is -0.493 e. The number of hydrogen-bond acceptors (Lipinski definition) is 3. The van der Waals surface area contributed by atoms with Crippen molar-refractivity contribution in [1.82, 2.24) is 9.78 Å². The van der Waals surface area contributed by atoms with Crippen LogP contribution in [0.15, 0.2) is 6.20 Å². The molecular formula is C13H22N2O2. The normalized spacial score (nSPS) is 26.1. The van der Waals surface area contributed by atoms with Gasteiger partial charge in [-0.1, -0.05) is 19.8 Å². The Hall–Kier alpha value is -1.03. The summed E-state index contributed by atoms with van der Waals surface area (Å²) in [6.07, 6.45) is 4.77. The van der Waals surface area contributed by atoms with Crippen molar-refractivity contribution in [3.8, 4) is 5.75 Å². The summed E-state index contributed by atoms with van der Waals surface area (Å²) in [7, 11) is 1.63. The standard InChI is InChI=1S/C13H22N2O2/c1-4-15-12(11(17-3)8-14-15)13(16)10-7-5-6-9(10)2/h8-10,13,16H,4-7H2,1-3H3. The predicted molar refractivity (Wildman–Crippen MR) is 65.9 cm³/mol. The molecule has 96 valence electrons. The Morgan fingerprint density at radius 3 is 2.88 bits per heavy atom. The first-order valence-electron chi connectivity index (χ1n) is 6.46. The summed E-state index contributed by atoms with van der Waals surface area (Å²) in [4.78, 5) is 0. The highest BCUT2D eigenvalue weighted by Crippen LogP contribution is 2.42. The number of nitrogens with zero attached hydrogens (tertiary/aromatic N) is 2. The van der Waals surface area contributed by atoms with E-state index in [0.717, 1.165) is 18.7 Å². The number of rotatable bonds is 4. The van der Waals surface area contributed by atoms with Crippen molar-refractivity contribution in [1.29, 1.82) is 0 Å². The minimum absolute atomic E-state index is 0.339. The first-order valence-corrected chi connectivity index (χ1v) is 6.46. The van der Waals surface area contributed by atoms with Crippen molar-refractivity contribution in [3.05, 3.63) is 11.9 Å². The van der Waals surface area contributed by atoms with Gasteiger partial charge in [0.2, 0.25) is 0 Å². The molecular weight excluding hydrogens is 216 g/mol. The Morgan fingerprint density at radius 2 is 2.35 bits per heavy atom. The van der Waals surface area contributed by atoms with Crippen molar-refractivity contribution in [2.24, 2.45) is 11.8 Å². The van der Waals surface area contributed by atoms with Gasteiger partial charge in [0.1, 0.15) is 11.8 Å². The molecule has 3 atom stereocenters. The highest BCUT2D eigenvalue weighted by molar-refractivity contribution is 5.28. The van der Waals surface area contributed by atoms with E-state index in [9.17, 15) is 5.11 Å². The molecule has 1 aromatic heterocycles. The average Bonchev–Trinajstić information content (AvgIpc) is 2.93. The lowest BCUT2D eigenvalue weighted by Gasteiger charge is -2.23. The van der Waals surface area contributed by atoms with Crippen LogP contribution in [0.2, 0.25) is 0 Å². The van der Waals surface area contributed by atoms with Crippen LogP contribution in [0.5, 0.6) is 5.75 Å². The van der Waals surface area contributed by atoms with Crippen molar-refractivity contribution >= 4 is 0 Å². The third-order valence-corrected chi connectivity index (χ3v) is 3.98.